The number of halogens is 1. The maximum Gasteiger partial charge on any atom is 0.225 e. The zero-order valence-corrected chi connectivity index (χ0v) is 18.2. The molecule has 156 valence electrons. The molecule has 1 amide bonds. The zero-order chi connectivity index (χ0) is 21.1. The van der Waals surface area contributed by atoms with Crippen molar-refractivity contribution in [3.05, 3.63) is 83.4 Å². The summed E-state index contributed by atoms with van der Waals surface area (Å²) >= 11 is 6.08. The van der Waals surface area contributed by atoms with E-state index < -0.39 is 5.54 Å². The summed E-state index contributed by atoms with van der Waals surface area (Å²) in [5.74, 6) is 0.170. The summed E-state index contributed by atoms with van der Waals surface area (Å²) in [5, 5.41) is 0.730. The molecule has 0 N–H and O–H groups in total. The molecule has 0 radical (unpaired) electrons. The third-order valence-corrected chi connectivity index (χ3v) is 6.17. The molecule has 1 saturated heterocycles. The highest BCUT2D eigenvalue weighted by Crippen LogP contribution is 2.35. The van der Waals surface area contributed by atoms with Gasteiger partial charge in [-0.15, -0.1) is 0 Å². The predicted octanol–water partition coefficient (Wildman–Crippen LogP) is 4.50. The summed E-state index contributed by atoms with van der Waals surface area (Å²) in [6, 6.07) is 18.3. The van der Waals surface area contributed by atoms with E-state index in [-0.39, 0.29) is 5.91 Å². The largest absolute Gasteiger partial charge is 0.367 e. The van der Waals surface area contributed by atoms with Gasteiger partial charge in [-0.1, -0.05) is 41.9 Å². The molecule has 2 aromatic carbocycles. The first-order valence-electron chi connectivity index (χ1n) is 10.3. The number of anilines is 1. The number of carbonyl (C=O) groups is 1. The van der Waals surface area contributed by atoms with Gasteiger partial charge in [0.2, 0.25) is 5.91 Å². The summed E-state index contributed by atoms with van der Waals surface area (Å²) in [6.07, 6.45) is 4.22. The molecule has 30 heavy (non-hydrogen) atoms. The van der Waals surface area contributed by atoms with Crippen molar-refractivity contribution < 1.29 is 4.79 Å². The van der Waals surface area contributed by atoms with Crippen molar-refractivity contribution in [2.45, 2.75) is 32.4 Å². The van der Waals surface area contributed by atoms with Gasteiger partial charge >= 0.3 is 0 Å². The van der Waals surface area contributed by atoms with Crippen molar-refractivity contribution >= 4 is 23.2 Å². The van der Waals surface area contributed by atoms with Gasteiger partial charge < -0.3 is 14.4 Å². The van der Waals surface area contributed by atoms with Crippen molar-refractivity contribution in [2.24, 2.45) is 0 Å². The Morgan fingerprint density at radius 2 is 1.83 bits per heavy atom. The lowest BCUT2D eigenvalue weighted by atomic mass is 9.86. The molecule has 0 spiro atoms. The third kappa shape index (κ3) is 4.21. The van der Waals surface area contributed by atoms with Crippen molar-refractivity contribution in [1.82, 2.24) is 14.5 Å². The quantitative estimate of drug-likeness (QED) is 0.607. The van der Waals surface area contributed by atoms with Gasteiger partial charge in [-0.2, -0.15) is 0 Å². The molecule has 0 saturated carbocycles. The van der Waals surface area contributed by atoms with E-state index >= 15 is 0 Å². The van der Waals surface area contributed by atoms with Crippen LogP contribution in [0.25, 0.3) is 0 Å². The fraction of sp³-hybridized carbons (Fsp3) is 0.333. The smallest absolute Gasteiger partial charge is 0.225 e. The monoisotopic (exact) mass is 422 g/mol. The van der Waals surface area contributed by atoms with Gasteiger partial charge in [0, 0.05) is 49.5 Å². The second-order valence-corrected chi connectivity index (χ2v) is 8.52. The third-order valence-electron chi connectivity index (χ3n) is 5.92. The zero-order valence-electron chi connectivity index (χ0n) is 17.5. The molecule has 1 unspecified atom stereocenters. The first kappa shape index (κ1) is 20.5. The first-order valence-corrected chi connectivity index (χ1v) is 10.7. The fourth-order valence-corrected chi connectivity index (χ4v) is 4.40. The molecule has 0 aliphatic carbocycles. The van der Waals surface area contributed by atoms with E-state index in [1.807, 2.05) is 60.2 Å². The summed E-state index contributed by atoms with van der Waals surface area (Å²) in [7, 11) is 0. The maximum atomic E-state index is 13.3. The SMILES string of the molecule is Cc1cn(CCC(=O)N2CCN(c3ccc(Cl)cc3)CC2(C)c2ccccc2)cn1. The van der Waals surface area contributed by atoms with Gasteiger partial charge in [-0.3, -0.25) is 4.79 Å². The molecule has 6 heteroatoms. The van der Waals surface area contributed by atoms with E-state index in [9.17, 15) is 4.79 Å². The number of amides is 1. The van der Waals surface area contributed by atoms with Crippen LogP contribution in [-0.4, -0.2) is 40.0 Å². The Balaban J connectivity index is 1.57. The van der Waals surface area contributed by atoms with Crippen LogP contribution in [0.1, 0.15) is 24.6 Å². The Hall–Kier alpha value is -2.79. The molecule has 1 aromatic heterocycles. The maximum absolute atomic E-state index is 13.3. The topological polar surface area (TPSA) is 41.4 Å². The molecule has 5 nitrogen and oxygen atoms in total. The number of piperazine rings is 1. The van der Waals surface area contributed by atoms with E-state index in [1.54, 1.807) is 6.33 Å². The number of nitrogens with zero attached hydrogens (tertiary/aromatic N) is 4. The minimum Gasteiger partial charge on any atom is -0.367 e. The molecule has 1 aliphatic heterocycles. The van der Waals surface area contributed by atoms with Crippen molar-refractivity contribution in [3.63, 3.8) is 0 Å². The van der Waals surface area contributed by atoms with E-state index in [4.69, 9.17) is 11.6 Å². The van der Waals surface area contributed by atoms with Crippen molar-refractivity contribution in [3.8, 4) is 0 Å². The summed E-state index contributed by atoms with van der Waals surface area (Å²) < 4.78 is 1.98. The first-order chi connectivity index (χ1) is 14.5. The van der Waals surface area contributed by atoms with Gasteiger partial charge in [0.25, 0.3) is 0 Å². The van der Waals surface area contributed by atoms with Crippen LogP contribution in [0.3, 0.4) is 0 Å². The van der Waals surface area contributed by atoms with Crippen LogP contribution in [0.4, 0.5) is 5.69 Å². The van der Waals surface area contributed by atoms with Crippen LogP contribution in [0.15, 0.2) is 67.1 Å². The van der Waals surface area contributed by atoms with Crippen LogP contribution in [-0.2, 0) is 16.9 Å². The second-order valence-electron chi connectivity index (χ2n) is 8.09. The molecular weight excluding hydrogens is 396 g/mol. The normalized spacial score (nSPS) is 19.2. The number of aryl methyl sites for hydroxylation is 2. The van der Waals surface area contributed by atoms with Gasteiger partial charge in [0.15, 0.2) is 0 Å². The molecule has 1 aliphatic rings. The summed E-state index contributed by atoms with van der Waals surface area (Å²) in [5.41, 5.74) is 2.83. The van der Waals surface area contributed by atoms with Gasteiger partial charge in [-0.25, -0.2) is 4.98 Å². The van der Waals surface area contributed by atoms with Crippen molar-refractivity contribution in [1.29, 1.82) is 0 Å². The Morgan fingerprint density at radius 1 is 1.10 bits per heavy atom. The number of hydrogen-bond donors (Lipinski definition) is 0. The Kier molecular flexibility index (Phi) is 5.82. The second kappa shape index (κ2) is 8.52. The lowest BCUT2D eigenvalue weighted by Crippen LogP contribution is -2.60. The highest BCUT2D eigenvalue weighted by atomic mass is 35.5. The van der Waals surface area contributed by atoms with E-state index in [0.29, 0.717) is 19.5 Å². The minimum absolute atomic E-state index is 0.170. The number of imidazole rings is 1. The lowest BCUT2D eigenvalue weighted by molar-refractivity contribution is -0.138. The molecular formula is C24H27ClN4O. The van der Waals surface area contributed by atoms with Crippen LogP contribution >= 0.6 is 11.6 Å². The van der Waals surface area contributed by atoms with Crippen LogP contribution in [0.2, 0.25) is 5.02 Å². The lowest BCUT2D eigenvalue weighted by Gasteiger charge is -2.50. The van der Waals surface area contributed by atoms with E-state index in [2.05, 4.69) is 33.8 Å². The summed E-state index contributed by atoms with van der Waals surface area (Å²) in [6.45, 7) is 6.97. The Bertz CT molecular complexity index is 1000. The summed E-state index contributed by atoms with van der Waals surface area (Å²) in [4.78, 5) is 22.0. The number of rotatable bonds is 5. The molecule has 1 atom stereocenters. The molecule has 4 rings (SSSR count). The number of hydrogen-bond acceptors (Lipinski definition) is 3. The fourth-order valence-electron chi connectivity index (χ4n) is 4.27. The van der Waals surface area contributed by atoms with Gasteiger partial charge in [0.1, 0.15) is 0 Å². The van der Waals surface area contributed by atoms with E-state index in [1.165, 1.54) is 0 Å². The average Bonchev–Trinajstić information content (AvgIpc) is 3.18. The standard InChI is InChI=1S/C24H27ClN4O/c1-19-16-27(18-26-19)13-12-23(30)29-15-14-28(22-10-8-21(25)9-11-22)17-24(29,2)20-6-4-3-5-7-20/h3-11,16,18H,12-15,17H2,1-2H3. The highest BCUT2D eigenvalue weighted by Gasteiger charge is 2.41. The Morgan fingerprint density at radius 3 is 2.50 bits per heavy atom. The molecule has 3 aromatic rings. The van der Waals surface area contributed by atoms with Crippen LogP contribution in [0, 0.1) is 6.92 Å². The number of aromatic nitrogens is 2. The van der Waals surface area contributed by atoms with Crippen LogP contribution in [0.5, 0.6) is 0 Å². The minimum atomic E-state index is -0.416. The molecule has 2 heterocycles. The molecule has 0 bridgehead atoms. The molecule has 1 fully saturated rings. The van der Waals surface area contributed by atoms with Gasteiger partial charge in [0.05, 0.1) is 17.6 Å². The van der Waals surface area contributed by atoms with Crippen LogP contribution < -0.4 is 4.90 Å². The number of benzene rings is 2. The Labute approximate surface area is 182 Å². The average molecular weight is 423 g/mol. The van der Waals surface area contributed by atoms with Crippen molar-refractivity contribution in [2.75, 3.05) is 24.5 Å². The highest BCUT2D eigenvalue weighted by molar-refractivity contribution is 6.30. The van der Waals surface area contributed by atoms with Gasteiger partial charge in [-0.05, 0) is 43.7 Å². The predicted molar refractivity (Wildman–Crippen MR) is 121 cm³/mol. The van der Waals surface area contributed by atoms with E-state index in [0.717, 1.165) is 35.1 Å². The number of carbonyl (C=O) groups excluding carboxylic acids is 1.